The zero-order valence-corrected chi connectivity index (χ0v) is 10.8. The smallest absolute Gasteiger partial charge is 0.0950 e. The van der Waals surface area contributed by atoms with Crippen LogP contribution in [-0.4, -0.2) is 33.6 Å². The van der Waals surface area contributed by atoms with Gasteiger partial charge in [-0.05, 0) is 25.8 Å². The zero-order chi connectivity index (χ0) is 12.1. The summed E-state index contributed by atoms with van der Waals surface area (Å²) in [4.78, 5) is 7.04. The van der Waals surface area contributed by atoms with Crippen LogP contribution in [0.3, 0.4) is 0 Å². The minimum Gasteiger partial charge on any atom is -0.336 e. The van der Waals surface area contributed by atoms with Gasteiger partial charge in [0.05, 0.1) is 12.0 Å². The molecule has 2 rings (SSSR count). The lowest BCUT2D eigenvalue weighted by atomic mass is 10.3. The summed E-state index contributed by atoms with van der Waals surface area (Å²) in [5.41, 5.74) is 6.72. The fourth-order valence-electron chi connectivity index (χ4n) is 2.16. The zero-order valence-electron chi connectivity index (χ0n) is 10.8. The van der Waals surface area contributed by atoms with Crippen molar-refractivity contribution in [2.75, 3.05) is 13.1 Å². The highest BCUT2D eigenvalue weighted by molar-refractivity contribution is 4.99. The second kappa shape index (κ2) is 6.17. The molecule has 0 amide bonds. The van der Waals surface area contributed by atoms with E-state index in [1.807, 2.05) is 6.33 Å². The number of aromatic nitrogens is 2. The van der Waals surface area contributed by atoms with Crippen LogP contribution in [0.5, 0.6) is 0 Å². The first kappa shape index (κ1) is 12.6. The van der Waals surface area contributed by atoms with E-state index in [1.54, 1.807) is 0 Å². The number of hydrogen-bond donors (Lipinski definition) is 1. The van der Waals surface area contributed by atoms with Crippen LogP contribution in [0.15, 0.2) is 12.5 Å². The summed E-state index contributed by atoms with van der Waals surface area (Å²) in [5, 5.41) is 0. The highest BCUT2D eigenvalue weighted by atomic mass is 15.2. The molecule has 96 valence electrons. The fraction of sp³-hybridized carbons (Fsp3) is 0.769. The predicted octanol–water partition coefficient (Wildman–Crippen LogP) is 1.61. The van der Waals surface area contributed by atoms with Crippen LogP contribution in [0.1, 0.15) is 38.3 Å². The minimum absolute atomic E-state index is 0.679. The Kier molecular flexibility index (Phi) is 4.57. The molecule has 0 atom stereocenters. The molecule has 4 heteroatoms. The summed E-state index contributed by atoms with van der Waals surface area (Å²) in [7, 11) is 0. The van der Waals surface area contributed by atoms with Crippen molar-refractivity contribution in [2.24, 2.45) is 5.73 Å². The normalized spacial score (nSPS) is 15.7. The summed E-state index contributed by atoms with van der Waals surface area (Å²) in [6.07, 6.45) is 9.33. The Bertz CT molecular complexity index is 330. The first-order chi connectivity index (χ1) is 8.33. The average Bonchev–Trinajstić information content (AvgIpc) is 3.08. The van der Waals surface area contributed by atoms with E-state index in [9.17, 15) is 0 Å². The number of hydrogen-bond acceptors (Lipinski definition) is 3. The maximum absolute atomic E-state index is 5.54. The van der Waals surface area contributed by atoms with Crippen LogP contribution in [0.4, 0.5) is 0 Å². The van der Waals surface area contributed by atoms with Gasteiger partial charge in [-0.15, -0.1) is 0 Å². The topological polar surface area (TPSA) is 47.1 Å². The van der Waals surface area contributed by atoms with E-state index in [0.717, 1.165) is 19.1 Å². The second-order valence-corrected chi connectivity index (χ2v) is 4.95. The van der Waals surface area contributed by atoms with E-state index in [4.69, 9.17) is 5.73 Å². The number of unbranched alkanes of at least 4 members (excludes halogenated alkanes) is 1. The van der Waals surface area contributed by atoms with E-state index >= 15 is 0 Å². The van der Waals surface area contributed by atoms with Crippen LogP contribution in [-0.2, 0) is 13.1 Å². The van der Waals surface area contributed by atoms with Crippen molar-refractivity contribution >= 4 is 0 Å². The Morgan fingerprint density at radius 2 is 2.35 bits per heavy atom. The molecule has 0 aliphatic heterocycles. The van der Waals surface area contributed by atoms with Gasteiger partial charge in [-0.2, -0.15) is 0 Å². The Morgan fingerprint density at radius 3 is 3.00 bits per heavy atom. The van der Waals surface area contributed by atoms with E-state index in [-0.39, 0.29) is 0 Å². The van der Waals surface area contributed by atoms with Crippen molar-refractivity contribution in [3.05, 3.63) is 18.2 Å². The molecule has 0 saturated heterocycles. The van der Waals surface area contributed by atoms with Gasteiger partial charge in [-0.25, -0.2) is 4.98 Å². The second-order valence-electron chi connectivity index (χ2n) is 4.95. The summed E-state index contributed by atoms with van der Waals surface area (Å²) >= 11 is 0. The van der Waals surface area contributed by atoms with E-state index in [1.165, 1.54) is 37.9 Å². The molecule has 0 radical (unpaired) electrons. The molecule has 0 aromatic carbocycles. The molecule has 1 heterocycles. The third-order valence-corrected chi connectivity index (χ3v) is 3.30. The molecule has 0 unspecified atom stereocenters. The molecule has 17 heavy (non-hydrogen) atoms. The Labute approximate surface area is 104 Å². The highest BCUT2D eigenvalue weighted by Crippen LogP contribution is 2.28. The molecular weight excluding hydrogens is 212 g/mol. The van der Waals surface area contributed by atoms with Crippen LogP contribution >= 0.6 is 0 Å². The molecule has 2 N–H and O–H groups in total. The lowest BCUT2D eigenvalue weighted by molar-refractivity contribution is 0.248. The van der Waals surface area contributed by atoms with E-state index < -0.39 is 0 Å². The van der Waals surface area contributed by atoms with Crippen molar-refractivity contribution in [1.82, 2.24) is 14.5 Å². The minimum atomic E-state index is 0.679. The van der Waals surface area contributed by atoms with Crippen LogP contribution in [0, 0.1) is 0 Å². The summed E-state index contributed by atoms with van der Waals surface area (Å²) in [5.74, 6) is 0. The molecule has 1 aliphatic rings. The van der Waals surface area contributed by atoms with Crippen LogP contribution in [0.25, 0.3) is 0 Å². The van der Waals surface area contributed by atoms with Crippen molar-refractivity contribution in [3.63, 3.8) is 0 Å². The maximum Gasteiger partial charge on any atom is 0.0950 e. The van der Waals surface area contributed by atoms with Crippen molar-refractivity contribution in [2.45, 2.75) is 51.7 Å². The van der Waals surface area contributed by atoms with Crippen LogP contribution in [0.2, 0.25) is 0 Å². The summed E-state index contributed by atoms with van der Waals surface area (Å²) in [6, 6.07) is 0.821. The average molecular weight is 236 g/mol. The van der Waals surface area contributed by atoms with Gasteiger partial charge in [0.1, 0.15) is 0 Å². The van der Waals surface area contributed by atoms with Crippen LogP contribution < -0.4 is 5.73 Å². The quantitative estimate of drug-likeness (QED) is 0.746. The maximum atomic E-state index is 5.54. The molecule has 4 nitrogen and oxygen atoms in total. The Hall–Kier alpha value is -0.870. The molecule has 1 aromatic rings. The number of rotatable bonds is 8. The largest absolute Gasteiger partial charge is 0.336 e. The van der Waals surface area contributed by atoms with Crippen molar-refractivity contribution in [1.29, 1.82) is 0 Å². The lowest BCUT2D eigenvalue weighted by Gasteiger charge is -2.20. The number of imidazole rings is 1. The van der Waals surface area contributed by atoms with Gasteiger partial charge in [0.2, 0.25) is 0 Å². The molecule has 1 aromatic heterocycles. The lowest BCUT2D eigenvalue weighted by Crippen LogP contribution is -2.26. The predicted molar refractivity (Wildman–Crippen MR) is 69.6 cm³/mol. The SMILES string of the molecule is CCCCN(Cc1cn(CCN)cn1)C1CC1. The highest BCUT2D eigenvalue weighted by Gasteiger charge is 2.28. The first-order valence-corrected chi connectivity index (χ1v) is 6.78. The van der Waals surface area contributed by atoms with Gasteiger partial charge in [0, 0.05) is 31.9 Å². The van der Waals surface area contributed by atoms with Gasteiger partial charge in [-0.3, -0.25) is 4.90 Å². The summed E-state index contributed by atoms with van der Waals surface area (Å²) < 4.78 is 2.08. The Morgan fingerprint density at radius 1 is 1.53 bits per heavy atom. The molecule has 1 aliphatic carbocycles. The van der Waals surface area contributed by atoms with Crippen molar-refractivity contribution in [3.8, 4) is 0 Å². The molecule has 0 spiro atoms. The summed E-state index contributed by atoms with van der Waals surface area (Å²) in [6.45, 7) is 6.01. The number of nitrogens with zero attached hydrogens (tertiary/aromatic N) is 3. The Balaban J connectivity index is 1.87. The van der Waals surface area contributed by atoms with E-state index in [0.29, 0.717) is 6.54 Å². The van der Waals surface area contributed by atoms with E-state index in [2.05, 4.69) is 27.6 Å². The van der Waals surface area contributed by atoms with Gasteiger partial charge >= 0.3 is 0 Å². The molecular formula is C13H24N4. The molecule has 1 saturated carbocycles. The molecule has 0 bridgehead atoms. The first-order valence-electron chi connectivity index (χ1n) is 6.78. The number of nitrogens with two attached hydrogens (primary N) is 1. The fourth-order valence-corrected chi connectivity index (χ4v) is 2.16. The monoisotopic (exact) mass is 236 g/mol. The van der Waals surface area contributed by atoms with Gasteiger partial charge < -0.3 is 10.3 Å². The van der Waals surface area contributed by atoms with Gasteiger partial charge in [0.25, 0.3) is 0 Å². The molecule has 1 fully saturated rings. The van der Waals surface area contributed by atoms with Gasteiger partial charge in [-0.1, -0.05) is 13.3 Å². The van der Waals surface area contributed by atoms with Gasteiger partial charge in [0.15, 0.2) is 0 Å². The van der Waals surface area contributed by atoms with Crippen molar-refractivity contribution < 1.29 is 0 Å². The third kappa shape index (κ3) is 3.82. The standard InChI is InChI=1S/C13H24N4/c1-2-3-7-17(13-4-5-13)10-12-9-16(8-6-14)11-15-12/h9,11,13H,2-8,10,14H2,1H3. The third-order valence-electron chi connectivity index (χ3n) is 3.30.